The second kappa shape index (κ2) is 8.27. The van der Waals surface area contributed by atoms with Crippen LogP contribution < -0.4 is 10.9 Å². The van der Waals surface area contributed by atoms with Crippen molar-refractivity contribution in [2.24, 2.45) is 5.10 Å². The standard InChI is InChI=1S/C17H15N3O5/c21-14-7-3-12(9-15(14)22)10-18-19-17(24)13-5-1-11(2-6-13)4-8-16(23)20-25/h1-10,21-22,25H,(H,19,24)(H,20,23). The molecule has 0 atom stereocenters. The number of nitrogens with one attached hydrogen (secondary N) is 2. The number of amides is 2. The SMILES string of the molecule is O=C(C=Cc1ccc(C(=O)NN=Cc2ccc(O)c(O)c2)cc1)NO. The molecular weight excluding hydrogens is 326 g/mol. The van der Waals surface area contributed by atoms with Gasteiger partial charge in [-0.25, -0.2) is 10.9 Å². The number of hydrazone groups is 1. The van der Waals surface area contributed by atoms with Crippen molar-refractivity contribution in [3.63, 3.8) is 0 Å². The van der Waals surface area contributed by atoms with Gasteiger partial charge in [0.25, 0.3) is 11.8 Å². The summed E-state index contributed by atoms with van der Waals surface area (Å²) >= 11 is 0. The van der Waals surface area contributed by atoms with E-state index in [4.69, 9.17) is 5.21 Å². The normalized spacial score (nSPS) is 10.9. The fourth-order valence-electron chi connectivity index (χ4n) is 1.81. The number of benzene rings is 2. The lowest BCUT2D eigenvalue weighted by Gasteiger charge is -2.01. The molecule has 2 amide bonds. The van der Waals surface area contributed by atoms with Crippen LogP contribution in [0, 0.1) is 0 Å². The fraction of sp³-hybridized carbons (Fsp3) is 0. The third-order valence-electron chi connectivity index (χ3n) is 3.09. The minimum atomic E-state index is -0.656. The fourth-order valence-corrected chi connectivity index (χ4v) is 1.81. The Morgan fingerprint density at radius 1 is 0.960 bits per heavy atom. The summed E-state index contributed by atoms with van der Waals surface area (Å²) in [5.74, 6) is -1.63. The second-order valence-corrected chi connectivity index (χ2v) is 4.88. The van der Waals surface area contributed by atoms with Crippen molar-refractivity contribution in [3.8, 4) is 11.5 Å². The van der Waals surface area contributed by atoms with Gasteiger partial charge in [-0.15, -0.1) is 0 Å². The molecule has 0 fully saturated rings. The van der Waals surface area contributed by atoms with Crippen LogP contribution >= 0.6 is 0 Å². The lowest BCUT2D eigenvalue weighted by atomic mass is 10.1. The minimum absolute atomic E-state index is 0.244. The Labute approximate surface area is 142 Å². The average molecular weight is 341 g/mol. The summed E-state index contributed by atoms with van der Waals surface area (Å²) in [4.78, 5) is 22.8. The highest BCUT2D eigenvalue weighted by Crippen LogP contribution is 2.23. The van der Waals surface area contributed by atoms with Crippen LogP contribution in [0.15, 0.2) is 53.6 Å². The van der Waals surface area contributed by atoms with E-state index in [2.05, 4.69) is 10.5 Å². The van der Waals surface area contributed by atoms with E-state index in [0.717, 1.165) is 6.08 Å². The van der Waals surface area contributed by atoms with Crippen molar-refractivity contribution in [2.75, 3.05) is 0 Å². The Bertz CT molecular complexity index is 829. The van der Waals surface area contributed by atoms with E-state index < -0.39 is 11.8 Å². The summed E-state index contributed by atoms with van der Waals surface area (Å²) in [5, 5.41) is 30.7. The first kappa shape index (κ1) is 17.7. The maximum Gasteiger partial charge on any atom is 0.271 e. The highest BCUT2D eigenvalue weighted by atomic mass is 16.5. The molecule has 2 aromatic carbocycles. The van der Waals surface area contributed by atoms with Gasteiger partial charge in [-0.05, 0) is 47.5 Å². The lowest BCUT2D eigenvalue weighted by Crippen LogP contribution is -2.17. The Morgan fingerprint density at radius 2 is 1.64 bits per heavy atom. The zero-order valence-electron chi connectivity index (χ0n) is 12.9. The van der Waals surface area contributed by atoms with E-state index in [0.29, 0.717) is 16.7 Å². The molecule has 0 aliphatic heterocycles. The molecular formula is C17H15N3O5. The molecule has 2 rings (SSSR count). The van der Waals surface area contributed by atoms with Crippen molar-refractivity contribution in [1.82, 2.24) is 10.9 Å². The van der Waals surface area contributed by atoms with Gasteiger partial charge in [0.2, 0.25) is 0 Å². The van der Waals surface area contributed by atoms with Crippen LogP contribution in [0.1, 0.15) is 21.5 Å². The molecule has 0 heterocycles. The van der Waals surface area contributed by atoms with Gasteiger partial charge in [-0.2, -0.15) is 5.10 Å². The molecule has 0 saturated heterocycles. The average Bonchev–Trinajstić information content (AvgIpc) is 2.63. The molecule has 0 aromatic heterocycles. The van der Waals surface area contributed by atoms with Crippen LogP contribution in [-0.2, 0) is 4.79 Å². The van der Waals surface area contributed by atoms with Crippen LogP contribution in [-0.4, -0.2) is 33.4 Å². The maximum absolute atomic E-state index is 12.0. The molecule has 5 N–H and O–H groups in total. The van der Waals surface area contributed by atoms with Gasteiger partial charge >= 0.3 is 0 Å². The van der Waals surface area contributed by atoms with E-state index >= 15 is 0 Å². The van der Waals surface area contributed by atoms with Crippen molar-refractivity contribution >= 4 is 24.1 Å². The van der Waals surface area contributed by atoms with Crippen molar-refractivity contribution in [1.29, 1.82) is 0 Å². The molecule has 0 aliphatic carbocycles. The number of phenols is 2. The van der Waals surface area contributed by atoms with Gasteiger partial charge in [-0.3, -0.25) is 14.8 Å². The monoisotopic (exact) mass is 341 g/mol. The minimum Gasteiger partial charge on any atom is -0.504 e. The van der Waals surface area contributed by atoms with Crippen LogP contribution in [0.3, 0.4) is 0 Å². The van der Waals surface area contributed by atoms with Crippen molar-refractivity contribution in [2.45, 2.75) is 0 Å². The van der Waals surface area contributed by atoms with Gasteiger partial charge in [0, 0.05) is 11.6 Å². The molecule has 2 aromatic rings. The number of aromatic hydroxyl groups is 2. The summed E-state index contributed by atoms with van der Waals surface area (Å²) in [5.41, 5.74) is 5.33. The quantitative estimate of drug-likeness (QED) is 0.184. The van der Waals surface area contributed by atoms with Gasteiger partial charge in [0.15, 0.2) is 11.5 Å². The van der Waals surface area contributed by atoms with Gasteiger partial charge in [0.1, 0.15) is 0 Å². The van der Waals surface area contributed by atoms with Crippen molar-refractivity contribution in [3.05, 3.63) is 65.2 Å². The third-order valence-corrected chi connectivity index (χ3v) is 3.09. The number of carbonyl (C=O) groups is 2. The summed E-state index contributed by atoms with van der Waals surface area (Å²) in [6.45, 7) is 0. The summed E-state index contributed by atoms with van der Waals surface area (Å²) in [7, 11) is 0. The molecule has 0 bridgehead atoms. The maximum atomic E-state index is 12.0. The number of hydrogen-bond donors (Lipinski definition) is 5. The summed E-state index contributed by atoms with van der Waals surface area (Å²) in [6, 6.07) is 10.5. The van der Waals surface area contributed by atoms with E-state index in [1.807, 2.05) is 0 Å². The molecule has 0 spiro atoms. The Kier molecular flexibility index (Phi) is 5.86. The first-order valence-corrected chi connectivity index (χ1v) is 7.07. The molecule has 0 unspecified atom stereocenters. The molecule has 128 valence electrons. The van der Waals surface area contributed by atoms with E-state index in [1.165, 1.54) is 36.0 Å². The van der Waals surface area contributed by atoms with Gasteiger partial charge in [-0.1, -0.05) is 12.1 Å². The molecule has 0 aliphatic rings. The first-order valence-electron chi connectivity index (χ1n) is 7.07. The lowest BCUT2D eigenvalue weighted by molar-refractivity contribution is -0.124. The third kappa shape index (κ3) is 5.19. The number of carbonyl (C=O) groups excluding carboxylic acids is 2. The Morgan fingerprint density at radius 3 is 2.28 bits per heavy atom. The van der Waals surface area contributed by atoms with Crippen LogP contribution in [0.5, 0.6) is 11.5 Å². The second-order valence-electron chi connectivity index (χ2n) is 4.88. The highest BCUT2D eigenvalue weighted by molar-refractivity contribution is 5.95. The summed E-state index contributed by atoms with van der Waals surface area (Å²) < 4.78 is 0. The van der Waals surface area contributed by atoms with Gasteiger partial charge < -0.3 is 10.2 Å². The van der Waals surface area contributed by atoms with Crippen LogP contribution in [0.25, 0.3) is 6.08 Å². The molecule has 0 saturated carbocycles. The van der Waals surface area contributed by atoms with Gasteiger partial charge in [0.05, 0.1) is 6.21 Å². The number of phenolic OH excluding ortho intramolecular Hbond substituents is 2. The Hall–Kier alpha value is -3.65. The predicted molar refractivity (Wildman–Crippen MR) is 90.2 cm³/mol. The number of hydrogen-bond acceptors (Lipinski definition) is 6. The first-order chi connectivity index (χ1) is 12.0. The molecule has 0 radical (unpaired) electrons. The number of hydroxylamine groups is 1. The molecule has 25 heavy (non-hydrogen) atoms. The van der Waals surface area contributed by atoms with E-state index in [9.17, 15) is 19.8 Å². The number of nitrogens with zero attached hydrogens (tertiary/aromatic N) is 1. The topological polar surface area (TPSA) is 131 Å². The molecule has 8 heteroatoms. The van der Waals surface area contributed by atoms with Crippen LogP contribution in [0.4, 0.5) is 0 Å². The van der Waals surface area contributed by atoms with E-state index in [1.54, 1.807) is 24.3 Å². The smallest absolute Gasteiger partial charge is 0.271 e. The highest BCUT2D eigenvalue weighted by Gasteiger charge is 2.04. The largest absolute Gasteiger partial charge is 0.504 e. The zero-order chi connectivity index (χ0) is 18.2. The summed E-state index contributed by atoms with van der Waals surface area (Å²) in [6.07, 6.45) is 3.94. The predicted octanol–water partition coefficient (Wildman–Crippen LogP) is 1.38. The Balaban J connectivity index is 1.96. The number of rotatable bonds is 5. The zero-order valence-corrected chi connectivity index (χ0v) is 12.9. The molecule has 8 nitrogen and oxygen atoms in total. The van der Waals surface area contributed by atoms with E-state index in [-0.39, 0.29) is 11.5 Å². The van der Waals surface area contributed by atoms with Crippen molar-refractivity contribution < 1.29 is 25.0 Å². The van der Waals surface area contributed by atoms with Crippen LogP contribution in [0.2, 0.25) is 0 Å².